The minimum Gasteiger partial charge on any atom is -0.872 e. The summed E-state index contributed by atoms with van der Waals surface area (Å²) in [5.41, 5.74) is 20.5. The van der Waals surface area contributed by atoms with Crippen molar-refractivity contribution in [1.82, 2.24) is 0 Å². The predicted octanol–water partition coefficient (Wildman–Crippen LogP) is -0.683. The van der Waals surface area contributed by atoms with Crippen molar-refractivity contribution in [3.8, 4) is 16.9 Å². The quantitative estimate of drug-likeness (QED) is 0.0729. The maximum atomic E-state index is 12.6. The fourth-order valence-electron chi connectivity index (χ4n) is 4.24. The first-order valence-corrected chi connectivity index (χ1v) is 15.2. The second-order valence-electron chi connectivity index (χ2n) is 9.40. The third kappa shape index (κ3) is 8.29. The molecule has 0 radical (unpaired) electrons. The second-order valence-corrected chi connectivity index (χ2v) is 12.2. The molecule has 0 aliphatic carbocycles. The van der Waals surface area contributed by atoms with E-state index < -0.39 is 47.2 Å². The largest absolute Gasteiger partial charge is 1.00 e. The summed E-state index contributed by atoms with van der Waals surface area (Å²) in [4.78, 5) is -1.72. The molecule has 46 heavy (non-hydrogen) atoms. The third-order valence-corrected chi connectivity index (χ3v) is 8.06. The van der Waals surface area contributed by atoms with Crippen molar-refractivity contribution in [2.75, 3.05) is 17.2 Å². The van der Waals surface area contributed by atoms with Gasteiger partial charge in [-0.1, -0.05) is 36.1 Å². The Morgan fingerprint density at radius 1 is 0.674 bits per heavy atom. The van der Waals surface area contributed by atoms with Gasteiger partial charge in [0.2, 0.25) is 0 Å². The van der Waals surface area contributed by atoms with Crippen LogP contribution in [0.3, 0.4) is 0 Å². The second kappa shape index (κ2) is 14.6. The van der Waals surface area contributed by atoms with E-state index in [1.165, 1.54) is 0 Å². The molecule has 0 unspecified atom stereocenters. The van der Waals surface area contributed by atoms with Crippen molar-refractivity contribution in [3.05, 3.63) is 84.9 Å². The number of azo groups is 2. The fourth-order valence-corrected chi connectivity index (χ4v) is 5.44. The van der Waals surface area contributed by atoms with Crippen molar-refractivity contribution in [2.45, 2.75) is 9.79 Å². The molecule has 5 aromatic carbocycles. The minimum atomic E-state index is -5.04. The Balaban J connectivity index is 0.00000288. The summed E-state index contributed by atoms with van der Waals surface area (Å²) in [7, 11) is -10.0. The van der Waals surface area contributed by atoms with Crippen molar-refractivity contribution in [3.63, 3.8) is 0 Å². The Kier molecular flexibility index (Phi) is 11.7. The molecular weight excluding hydrogens is 656 g/mol. The molecule has 18 heteroatoms. The van der Waals surface area contributed by atoms with E-state index in [1.54, 1.807) is 54.6 Å². The maximum absolute atomic E-state index is 12.6. The molecule has 0 fully saturated rings. The maximum Gasteiger partial charge on any atom is 1.00 e. The van der Waals surface area contributed by atoms with E-state index in [9.17, 15) is 31.0 Å². The molecule has 7 N–H and O–H groups in total. The Labute approximate surface area is 307 Å². The van der Waals surface area contributed by atoms with Gasteiger partial charge in [0, 0.05) is 5.69 Å². The first kappa shape index (κ1) is 37.0. The van der Waals surface area contributed by atoms with E-state index in [1.807, 2.05) is 12.1 Å². The van der Waals surface area contributed by atoms with Crippen LogP contribution in [0.15, 0.2) is 115 Å². The molecule has 0 atom stereocenters. The molecule has 0 aliphatic rings. The van der Waals surface area contributed by atoms with E-state index in [2.05, 4.69) is 20.5 Å². The first-order chi connectivity index (χ1) is 20.7. The zero-order valence-corrected chi connectivity index (χ0v) is 30.0. The van der Waals surface area contributed by atoms with Crippen molar-refractivity contribution in [2.24, 2.45) is 20.5 Å². The smallest absolute Gasteiger partial charge is 0.872 e. The summed E-state index contributed by atoms with van der Waals surface area (Å²) >= 11 is 0. The molecule has 0 amide bonds. The van der Waals surface area contributed by atoms with E-state index in [-0.39, 0.29) is 75.6 Å². The summed E-state index contributed by atoms with van der Waals surface area (Å²) in [6.45, 7) is 0. The Morgan fingerprint density at radius 3 is 1.72 bits per heavy atom. The van der Waals surface area contributed by atoms with Gasteiger partial charge >= 0.3 is 59.1 Å². The molecule has 0 spiro atoms. The van der Waals surface area contributed by atoms with Crippen LogP contribution in [0.2, 0.25) is 0 Å². The van der Waals surface area contributed by atoms with Crippen LogP contribution in [0, 0.1) is 0 Å². The molecule has 0 saturated heterocycles. The van der Waals surface area contributed by atoms with Crippen LogP contribution in [0.1, 0.15) is 0 Å². The van der Waals surface area contributed by atoms with Crippen LogP contribution in [-0.4, -0.2) is 25.9 Å². The molecular formula is C28H21N7Na2O7S2. The molecule has 0 heterocycles. The summed E-state index contributed by atoms with van der Waals surface area (Å²) in [5.74, 6) is -0.959. The third-order valence-electron chi connectivity index (χ3n) is 6.38. The van der Waals surface area contributed by atoms with Gasteiger partial charge in [0.25, 0.3) is 10.1 Å². The monoisotopic (exact) mass is 677 g/mol. The number of fused-ring (bicyclic) bond motifs is 1. The minimum absolute atomic E-state index is 0. The van der Waals surface area contributed by atoms with Gasteiger partial charge in [-0.05, 0) is 76.5 Å². The molecule has 0 aliphatic heterocycles. The Hall–Kier alpha value is -3.42. The number of hydrogen-bond donors (Lipinski definition) is 4. The number of nitrogens with two attached hydrogens (primary N) is 3. The van der Waals surface area contributed by atoms with Gasteiger partial charge in [0.15, 0.2) is 0 Å². The number of anilines is 3. The van der Waals surface area contributed by atoms with Crippen LogP contribution >= 0.6 is 0 Å². The molecule has 224 valence electrons. The molecule has 5 aromatic rings. The van der Waals surface area contributed by atoms with E-state index in [4.69, 9.17) is 17.2 Å². The summed E-state index contributed by atoms with van der Waals surface area (Å²) in [5, 5.41) is 28.2. The average Bonchev–Trinajstić information content (AvgIpc) is 2.95. The first-order valence-electron chi connectivity index (χ1n) is 12.4. The van der Waals surface area contributed by atoms with Gasteiger partial charge < -0.3 is 26.9 Å². The van der Waals surface area contributed by atoms with Crippen LogP contribution in [0.25, 0.3) is 21.9 Å². The molecule has 0 bridgehead atoms. The topological polar surface area (TPSA) is 262 Å². The Bertz CT molecular complexity index is 2220. The van der Waals surface area contributed by atoms with Crippen molar-refractivity contribution < 1.29 is 90.2 Å². The van der Waals surface area contributed by atoms with E-state index in [0.717, 1.165) is 23.3 Å². The summed E-state index contributed by atoms with van der Waals surface area (Å²) in [6.07, 6.45) is 0. The molecule has 5 rings (SSSR count). The van der Waals surface area contributed by atoms with Crippen LogP contribution in [0.4, 0.5) is 39.8 Å². The normalized spacial score (nSPS) is 11.9. The van der Waals surface area contributed by atoms with E-state index >= 15 is 0 Å². The zero-order valence-electron chi connectivity index (χ0n) is 24.3. The Morgan fingerprint density at radius 2 is 1.22 bits per heavy atom. The zero-order chi connectivity index (χ0) is 31.8. The van der Waals surface area contributed by atoms with Crippen LogP contribution in [0.5, 0.6) is 5.75 Å². The van der Waals surface area contributed by atoms with Crippen LogP contribution in [-0.2, 0) is 20.2 Å². The van der Waals surface area contributed by atoms with Gasteiger partial charge in [-0.2, -0.15) is 18.6 Å². The number of nitrogens with zero attached hydrogens (tertiary/aromatic N) is 4. The number of hydrogen-bond acceptors (Lipinski definition) is 13. The standard InChI is InChI=1S/C28H23N7O7S2.2Na/c29-18-5-10-23(22(30)13-18)34-32-19-6-1-15(2-7-19)16-3-8-20(9-4-16)33-35-28-25(44(40,41)42)12-17-11-21(43(37,38)39)14-24(36)26(17)27(28)31;;/h1-14,36H,29-31H2,(H,37,38,39)(H,40,41,42);;/q;2*+1/p-2. The van der Waals surface area contributed by atoms with Crippen LogP contribution < -0.4 is 81.4 Å². The van der Waals surface area contributed by atoms with E-state index in [0.29, 0.717) is 28.8 Å². The van der Waals surface area contributed by atoms with Gasteiger partial charge in [0.1, 0.15) is 26.4 Å². The van der Waals surface area contributed by atoms with Gasteiger partial charge in [0.05, 0.1) is 27.6 Å². The molecule has 0 saturated carbocycles. The van der Waals surface area contributed by atoms with Crippen molar-refractivity contribution >= 4 is 70.8 Å². The van der Waals surface area contributed by atoms with Crippen molar-refractivity contribution in [1.29, 1.82) is 0 Å². The predicted molar refractivity (Wildman–Crippen MR) is 161 cm³/mol. The molecule has 14 nitrogen and oxygen atoms in total. The average molecular weight is 678 g/mol. The van der Waals surface area contributed by atoms with Gasteiger partial charge in [-0.3, -0.25) is 4.55 Å². The fraction of sp³-hybridized carbons (Fsp3) is 0. The summed E-state index contributed by atoms with van der Waals surface area (Å²) < 4.78 is 68.2. The number of benzene rings is 5. The summed E-state index contributed by atoms with van der Waals surface area (Å²) in [6, 6.07) is 20.9. The SMILES string of the molecule is Nc1ccc(N=Nc2ccc(-c3ccc(N=Nc4c(S(=O)(=O)O)cc5cc(S(=O)(=O)[O-])cc([O-])c5c4N)cc3)cc2)c(N)c1.[Na+].[Na+]. The number of nitrogen functional groups attached to an aromatic ring is 3. The molecule has 0 aromatic heterocycles. The van der Waals surface area contributed by atoms with Gasteiger partial charge in [-0.25, -0.2) is 8.42 Å². The number of rotatable bonds is 7. The van der Waals surface area contributed by atoms with Gasteiger partial charge in [-0.15, -0.1) is 10.2 Å².